The first-order valence-corrected chi connectivity index (χ1v) is 7.08. The number of hydrogen-bond acceptors (Lipinski definition) is 4. The summed E-state index contributed by atoms with van der Waals surface area (Å²) < 4.78 is 0. The van der Waals surface area contributed by atoms with Gasteiger partial charge in [-0.2, -0.15) is 4.98 Å². The van der Waals surface area contributed by atoms with Crippen LogP contribution in [0.2, 0.25) is 0 Å². The highest BCUT2D eigenvalue weighted by atomic mass is 15.2. The van der Waals surface area contributed by atoms with E-state index in [0.717, 1.165) is 29.7 Å². The van der Waals surface area contributed by atoms with Crippen molar-refractivity contribution < 1.29 is 0 Å². The van der Waals surface area contributed by atoms with Crippen molar-refractivity contribution in [3.8, 4) is 0 Å². The molecule has 1 saturated heterocycles. The van der Waals surface area contributed by atoms with E-state index in [4.69, 9.17) is 5.73 Å². The van der Waals surface area contributed by atoms with E-state index in [1.165, 1.54) is 19.3 Å². The second-order valence-electron chi connectivity index (χ2n) is 5.17. The molecule has 2 N–H and O–H groups in total. The van der Waals surface area contributed by atoms with Crippen molar-refractivity contribution in [1.82, 2.24) is 9.97 Å². The SMILES string of the molecule is CCC1CCCCN1c1nc(N)nc2ccccc12. The lowest BCUT2D eigenvalue weighted by atomic mass is 9.99. The Kier molecular flexibility index (Phi) is 3.23. The van der Waals surface area contributed by atoms with Crippen LogP contribution in [0, 0.1) is 0 Å². The van der Waals surface area contributed by atoms with Crippen LogP contribution in [0.5, 0.6) is 0 Å². The zero-order valence-corrected chi connectivity index (χ0v) is 11.3. The van der Waals surface area contributed by atoms with Crippen LogP contribution in [-0.2, 0) is 0 Å². The van der Waals surface area contributed by atoms with E-state index in [0.29, 0.717) is 12.0 Å². The summed E-state index contributed by atoms with van der Waals surface area (Å²) in [7, 11) is 0. The van der Waals surface area contributed by atoms with Gasteiger partial charge in [0.25, 0.3) is 0 Å². The molecule has 0 bridgehead atoms. The molecule has 0 amide bonds. The Bertz CT molecular complexity index is 581. The summed E-state index contributed by atoms with van der Waals surface area (Å²) in [5.41, 5.74) is 6.80. The summed E-state index contributed by atoms with van der Waals surface area (Å²) in [6.07, 6.45) is 4.94. The maximum Gasteiger partial charge on any atom is 0.222 e. The standard InChI is InChI=1S/C15H20N4/c1-2-11-7-5-6-10-19(11)14-12-8-3-4-9-13(12)17-15(16)18-14/h3-4,8-9,11H,2,5-7,10H2,1H3,(H2,16,17,18). The molecule has 2 heterocycles. The van der Waals surface area contributed by atoms with Crippen molar-refractivity contribution >= 4 is 22.7 Å². The average molecular weight is 256 g/mol. The van der Waals surface area contributed by atoms with Crippen molar-refractivity contribution in [3.05, 3.63) is 24.3 Å². The fraction of sp³-hybridized carbons (Fsp3) is 0.467. The smallest absolute Gasteiger partial charge is 0.222 e. The summed E-state index contributed by atoms with van der Waals surface area (Å²) in [6, 6.07) is 8.70. The third kappa shape index (κ3) is 2.23. The number of aromatic nitrogens is 2. The highest BCUT2D eigenvalue weighted by molar-refractivity contribution is 5.90. The van der Waals surface area contributed by atoms with Crippen LogP contribution in [0.4, 0.5) is 11.8 Å². The van der Waals surface area contributed by atoms with E-state index in [1.54, 1.807) is 0 Å². The van der Waals surface area contributed by atoms with Crippen LogP contribution < -0.4 is 10.6 Å². The molecule has 0 aliphatic carbocycles. The van der Waals surface area contributed by atoms with Crippen molar-refractivity contribution in [2.45, 2.75) is 38.6 Å². The first kappa shape index (κ1) is 12.2. The van der Waals surface area contributed by atoms with Crippen LogP contribution in [0.3, 0.4) is 0 Å². The van der Waals surface area contributed by atoms with Crippen LogP contribution in [0.25, 0.3) is 10.9 Å². The predicted octanol–water partition coefficient (Wildman–Crippen LogP) is 2.98. The maximum absolute atomic E-state index is 5.87. The molecule has 1 unspecified atom stereocenters. The molecule has 19 heavy (non-hydrogen) atoms. The van der Waals surface area contributed by atoms with E-state index in [9.17, 15) is 0 Å². The maximum atomic E-state index is 5.87. The molecular weight excluding hydrogens is 236 g/mol. The van der Waals surface area contributed by atoms with Crippen LogP contribution in [0.15, 0.2) is 24.3 Å². The number of benzene rings is 1. The molecule has 0 radical (unpaired) electrons. The first-order valence-electron chi connectivity index (χ1n) is 7.08. The number of piperidine rings is 1. The van der Waals surface area contributed by atoms with E-state index in [-0.39, 0.29) is 0 Å². The molecule has 4 nitrogen and oxygen atoms in total. The summed E-state index contributed by atoms with van der Waals surface area (Å²) in [5, 5.41) is 1.11. The van der Waals surface area contributed by atoms with Crippen molar-refractivity contribution in [2.24, 2.45) is 0 Å². The van der Waals surface area contributed by atoms with Crippen molar-refractivity contribution in [2.75, 3.05) is 17.2 Å². The molecule has 2 aromatic rings. The molecule has 1 aromatic heterocycles. The third-order valence-electron chi connectivity index (χ3n) is 3.97. The average Bonchev–Trinajstić information content (AvgIpc) is 2.46. The number of anilines is 2. The number of fused-ring (bicyclic) bond motifs is 1. The molecule has 1 aromatic carbocycles. The van der Waals surface area contributed by atoms with Gasteiger partial charge in [0.1, 0.15) is 5.82 Å². The highest BCUT2D eigenvalue weighted by Gasteiger charge is 2.24. The van der Waals surface area contributed by atoms with Gasteiger partial charge in [-0.05, 0) is 37.8 Å². The normalized spacial score (nSPS) is 19.8. The van der Waals surface area contributed by atoms with Gasteiger partial charge in [0.2, 0.25) is 5.95 Å². The lowest BCUT2D eigenvalue weighted by molar-refractivity contribution is 0.448. The molecule has 1 atom stereocenters. The minimum absolute atomic E-state index is 0.370. The Morgan fingerprint density at radius 3 is 2.95 bits per heavy atom. The van der Waals surface area contributed by atoms with Crippen molar-refractivity contribution in [1.29, 1.82) is 0 Å². The Morgan fingerprint density at radius 2 is 2.11 bits per heavy atom. The van der Waals surface area contributed by atoms with Gasteiger partial charge in [0.15, 0.2) is 0 Å². The largest absolute Gasteiger partial charge is 0.368 e. The van der Waals surface area contributed by atoms with Gasteiger partial charge in [-0.3, -0.25) is 0 Å². The zero-order chi connectivity index (χ0) is 13.2. The zero-order valence-electron chi connectivity index (χ0n) is 11.3. The van der Waals surface area contributed by atoms with E-state index in [1.807, 2.05) is 18.2 Å². The van der Waals surface area contributed by atoms with Crippen LogP contribution in [-0.4, -0.2) is 22.6 Å². The highest BCUT2D eigenvalue weighted by Crippen LogP contribution is 2.30. The van der Waals surface area contributed by atoms with Crippen LogP contribution >= 0.6 is 0 Å². The summed E-state index contributed by atoms with van der Waals surface area (Å²) in [4.78, 5) is 11.3. The molecule has 1 aliphatic rings. The van der Waals surface area contributed by atoms with Gasteiger partial charge in [-0.25, -0.2) is 4.98 Å². The van der Waals surface area contributed by atoms with Gasteiger partial charge >= 0.3 is 0 Å². The van der Waals surface area contributed by atoms with E-state index >= 15 is 0 Å². The summed E-state index contributed by atoms with van der Waals surface area (Å²) in [6.45, 7) is 3.31. The molecule has 4 heteroatoms. The van der Waals surface area contributed by atoms with Gasteiger partial charge < -0.3 is 10.6 Å². The molecule has 1 aliphatic heterocycles. The number of para-hydroxylation sites is 1. The van der Waals surface area contributed by atoms with Gasteiger partial charge in [-0.1, -0.05) is 19.1 Å². The van der Waals surface area contributed by atoms with E-state index < -0.39 is 0 Å². The second kappa shape index (κ2) is 5.03. The monoisotopic (exact) mass is 256 g/mol. The Labute approximate surface area is 113 Å². The van der Waals surface area contributed by atoms with Gasteiger partial charge in [-0.15, -0.1) is 0 Å². The Balaban J connectivity index is 2.12. The molecule has 100 valence electrons. The fourth-order valence-corrected chi connectivity index (χ4v) is 3.00. The lowest BCUT2D eigenvalue weighted by Gasteiger charge is -2.36. The molecule has 0 saturated carbocycles. The number of rotatable bonds is 2. The van der Waals surface area contributed by atoms with Gasteiger partial charge in [0.05, 0.1) is 5.52 Å². The lowest BCUT2D eigenvalue weighted by Crippen LogP contribution is -2.39. The first-order chi connectivity index (χ1) is 9.29. The van der Waals surface area contributed by atoms with Gasteiger partial charge in [0, 0.05) is 18.0 Å². The quantitative estimate of drug-likeness (QED) is 0.897. The summed E-state index contributed by atoms with van der Waals surface area (Å²) in [5.74, 6) is 1.38. The molecule has 0 spiro atoms. The number of nitrogen functional groups attached to an aromatic ring is 1. The second-order valence-corrected chi connectivity index (χ2v) is 5.17. The third-order valence-corrected chi connectivity index (χ3v) is 3.97. The fourth-order valence-electron chi connectivity index (χ4n) is 3.00. The summed E-state index contributed by atoms with van der Waals surface area (Å²) >= 11 is 0. The Morgan fingerprint density at radius 1 is 1.26 bits per heavy atom. The topological polar surface area (TPSA) is 55.0 Å². The number of hydrogen-bond donors (Lipinski definition) is 1. The number of nitrogens with two attached hydrogens (primary N) is 1. The van der Waals surface area contributed by atoms with Crippen LogP contribution in [0.1, 0.15) is 32.6 Å². The minimum atomic E-state index is 0.370. The minimum Gasteiger partial charge on any atom is -0.368 e. The van der Waals surface area contributed by atoms with E-state index in [2.05, 4.69) is 27.9 Å². The number of nitrogens with zero attached hydrogens (tertiary/aromatic N) is 3. The molecular formula is C15H20N4. The van der Waals surface area contributed by atoms with Crippen molar-refractivity contribution in [3.63, 3.8) is 0 Å². The molecule has 3 rings (SSSR count). The Hall–Kier alpha value is -1.84. The molecule has 1 fully saturated rings. The predicted molar refractivity (Wildman–Crippen MR) is 79.2 cm³/mol.